The fourth-order valence-electron chi connectivity index (χ4n) is 0.968. The van der Waals surface area contributed by atoms with Crippen molar-refractivity contribution < 1.29 is 4.79 Å². The van der Waals surface area contributed by atoms with Crippen molar-refractivity contribution in [2.75, 3.05) is 20.6 Å². The third-order valence-electron chi connectivity index (χ3n) is 1.44. The van der Waals surface area contributed by atoms with E-state index in [4.69, 9.17) is 5.73 Å². The first-order valence-electron chi connectivity index (χ1n) is 4.14. The Hall–Kier alpha value is -0.610. The summed E-state index contributed by atoms with van der Waals surface area (Å²) in [7, 11) is 3.93. The second-order valence-electron chi connectivity index (χ2n) is 3.46. The van der Waals surface area contributed by atoms with Gasteiger partial charge in [0.2, 0.25) is 5.91 Å². The zero-order chi connectivity index (χ0) is 9.72. The zero-order valence-corrected chi connectivity index (χ0v) is 8.29. The standard InChI is InChI=1S/C8H19N3O/c1-6(5-11(3)4)10-8(12)7(2)9/h6-7H,5,9H2,1-4H3,(H,10,12)/t6?,7-/m0/s1. The van der Waals surface area contributed by atoms with Gasteiger partial charge in [0.05, 0.1) is 6.04 Å². The summed E-state index contributed by atoms with van der Waals surface area (Å²) in [6.07, 6.45) is 0. The van der Waals surface area contributed by atoms with Crippen molar-refractivity contribution in [1.82, 2.24) is 10.2 Å². The van der Waals surface area contributed by atoms with Gasteiger partial charge in [-0.1, -0.05) is 0 Å². The molecule has 0 aliphatic carbocycles. The van der Waals surface area contributed by atoms with Gasteiger partial charge in [-0.25, -0.2) is 0 Å². The van der Waals surface area contributed by atoms with Gasteiger partial charge in [-0.3, -0.25) is 4.79 Å². The van der Waals surface area contributed by atoms with Gasteiger partial charge in [-0.05, 0) is 27.9 Å². The molecule has 4 nitrogen and oxygen atoms in total. The molecule has 0 heterocycles. The van der Waals surface area contributed by atoms with Crippen LogP contribution >= 0.6 is 0 Å². The molecular weight excluding hydrogens is 154 g/mol. The van der Waals surface area contributed by atoms with Gasteiger partial charge >= 0.3 is 0 Å². The maximum absolute atomic E-state index is 11.1. The van der Waals surface area contributed by atoms with Crippen LogP contribution < -0.4 is 11.1 Å². The van der Waals surface area contributed by atoms with Crippen LogP contribution in [0.25, 0.3) is 0 Å². The van der Waals surface area contributed by atoms with E-state index in [9.17, 15) is 4.79 Å². The number of hydrogen-bond acceptors (Lipinski definition) is 3. The first-order valence-corrected chi connectivity index (χ1v) is 4.14. The number of rotatable bonds is 4. The molecule has 0 aromatic carbocycles. The second kappa shape index (κ2) is 5.11. The number of amides is 1. The summed E-state index contributed by atoms with van der Waals surface area (Å²) in [5.41, 5.74) is 5.39. The number of likely N-dealkylation sites (N-methyl/N-ethyl adjacent to an activating group) is 1. The Labute approximate surface area is 74.1 Å². The van der Waals surface area contributed by atoms with Gasteiger partial charge in [0.1, 0.15) is 0 Å². The van der Waals surface area contributed by atoms with Gasteiger partial charge in [-0.2, -0.15) is 0 Å². The van der Waals surface area contributed by atoms with Crippen molar-refractivity contribution in [3.8, 4) is 0 Å². The van der Waals surface area contributed by atoms with E-state index in [1.807, 2.05) is 25.9 Å². The van der Waals surface area contributed by atoms with Crippen LogP contribution in [0.3, 0.4) is 0 Å². The monoisotopic (exact) mass is 173 g/mol. The minimum absolute atomic E-state index is 0.0932. The normalized spacial score (nSPS) is 15.8. The molecule has 0 radical (unpaired) electrons. The summed E-state index contributed by atoms with van der Waals surface area (Å²) >= 11 is 0. The van der Waals surface area contributed by atoms with Crippen LogP contribution in [0.15, 0.2) is 0 Å². The van der Waals surface area contributed by atoms with Crippen LogP contribution in [0.5, 0.6) is 0 Å². The van der Waals surface area contributed by atoms with Gasteiger partial charge in [0.25, 0.3) is 0 Å². The Balaban J connectivity index is 3.69. The van der Waals surface area contributed by atoms with Crippen molar-refractivity contribution in [2.45, 2.75) is 25.9 Å². The maximum Gasteiger partial charge on any atom is 0.236 e. The summed E-state index contributed by atoms with van der Waals surface area (Å²) in [4.78, 5) is 13.1. The molecular formula is C8H19N3O. The van der Waals surface area contributed by atoms with Crippen LogP contribution in [0, 0.1) is 0 Å². The van der Waals surface area contributed by atoms with Crippen molar-refractivity contribution >= 4 is 5.91 Å². The minimum Gasteiger partial charge on any atom is -0.351 e. The van der Waals surface area contributed by atoms with E-state index < -0.39 is 6.04 Å². The lowest BCUT2D eigenvalue weighted by Gasteiger charge is -2.19. The lowest BCUT2D eigenvalue weighted by molar-refractivity contribution is -0.122. The fourth-order valence-corrected chi connectivity index (χ4v) is 0.968. The third-order valence-corrected chi connectivity index (χ3v) is 1.44. The molecule has 0 saturated carbocycles. The number of nitrogens with two attached hydrogens (primary N) is 1. The summed E-state index contributed by atoms with van der Waals surface area (Å²) in [5, 5.41) is 2.81. The highest BCUT2D eigenvalue weighted by molar-refractivity contribution is 5.81. The number of nitrogens with zero attached hydrogens (tertiary/aromatic N) is 1. The molecule has 0 bridgehead atoms. The van der Waals surface area contributed by atoms with Crippen LogP contribution in [0.4, 0.5) is 0 Å². The van der Waals surface area contributed by atoms with Crippen LogP contribution in [0.2, 0.25) is 0 Å². The summed E-state index contributed by atoms with van der Waals surface area (Å²) < 4.78 is 0. The van der Waals surface area contributed by atoms with E-state index in [-0.39, 0.29) is 11.9 Å². The molecule has 0 rings (SSSR count). The van der Waals surface area contributed by atoms with Gasteiger partial charge in [0, 0.05) is 12.6 Å². The molecule has 4 heteroatoms. The lowest BCUT2D eigenvalue weighted by atomic mass is 10.2. The number of nitrogens with one attached hydrogen (secondary N) is 1. The van der Waals surface area contributed by atoms with E-state index in [2.05, 4.69) is 5.32 Å². The van der Waals surface area contributed by atoms with Crippen molar-refractivity contribution in [2.24, 2.45) is 5.73 Å². The average Bonchev–Trinajstić information content (AvgIpc) is 1.84. The Morgan fingerprint density at radius 3 is 2.33 bits per heavy atom. The van der Waals surface area contributed by atoms with E-state index in [1.54, 1.807) is 6.92 Å². The molecule has 1 amide bonds. The van der Waals surface area contributed by atoms with E-state index >= 15 is 0 Å². The predicted molar refractivity (Wildman–Crippen MR) is 49.8 cm³/mol. The number of carbonyl (C=O) groups is 1. The van der Waals surface area contributed by atoms with Gasteiger partial charge in [0.15, 0.2) is 0 Å². The highest BCUT2D eigenvalue weighted by atomic mass is 16.2. The molecule has 0 aliphatic heterocycles. The molecule has 0 aromatic heterocycles. The average molecular weight is 173 g/mol. The molecule has 0 spiro atoms. The molecule has 12 heavy (non-hydrogen) atoms. The maximum atomic E-state index is 11.1. The molecule has 0 saturated heterocycles. The molecule has 72 valence electrons. The SMILES string of the molecule is CC(CN(C)C)NC(=O)[C@H](C)N. The smallest absolute Gasteiger partial charge is 0.236 e. The molecule has 0 aliphatic rings. The summed E-state index contributed by atoms with van der Waals surface area (Å²) in [6.45, 7) is 4.47. The molecule has 3 N–H and O–H groups in total. The Morgan fingerprint density at radius 1 is 1.50 bits per heavy atom. The van der Waals surface area contributed by atoms with Crippen molar-refractivity contribution in [1.29, 1.82) is 0 Å². The Morgan fingerprint density at radius 2 is 2.00 bits per heavy atom. The highest BCUT2D eigenvalue weighted by Gasteiger charge is 2.10. The van der Waals surface area contributed by atoms with Gasteiger partial charge in [-0.15, -0.1) is 0 Å². The van der Waals surface area contributed by atoms with Crippen LogP contribution in [-0.2, 0) is 4.79 Å². The molecule has 0 aromatic rings. The van der Waals surface area contributed by atoms with Crippen LogP contribution in [-0.4, -0.2) is 43.5 Å². The molecule has 1 unspecified atom stereocenters. The first kappa shape index (κ1) is 11.4. The minimum atomic E-state index is -0.422. The quantitative estimate of drug-likeness (QED) is 0.597. The van der Waals surface area contributed by atoms with Gasteiger partial charge < -0.3 is 16.0 Å². The topological polar surface area (TPSA) is 58.4 Å². The van der Waals surface area contributed by atoms with E-state index in [0.717, 1.165) is 6.54 Å². The lowest BCUT2D eigenvalue weighted by Crippen LogP contribution is -2.46. The van der Waals surface area contributed by atoms with Crippen LogP contribution in [0.1, 0.15) is 13.8 Å². The predicted octanol–water partition coefficient (Wildman–Crippen LogP) is -0.600. The van der Waals surface area contributed by atoms with E-state index in [1.165, 1.54) is 0 Å². The highest BCUT2D eigenvalue weighted by Crippen LogP contribution is 1.86. The molecule has 2 atom stereocenters. The number of carbonyl (C=O) groups excluding carboxylic acids is 1. The Bertz CT molecular complexity index is 145. The van der Waals surface area contributed by atoms with Crippen molar-refractivity contribution in [3.05, 3.63) is 0 Å². The summed E-state index contributed by atoms with van der Waals surface area (Å²) in [5.74, 6) is -0.0932. The summed E-state index contributed by atoms with van der Waals surface area (Å²) in [6, 6.07) is -0.270. The zero-order valence-electron chi connectivity index (χ0n) is 8.29. The largest absolute Gasteiger partial charge is 0.351 e. The fraction of sp³-hybridized carbons (Fsp3) is 0.875. The van der Waals surface area contributed by atoms with Crippen molar-refractivity contribution in [3.63, 3.8) is 0 Å². The third kappa shape index (κ3) is 5.09. The first-order chi connectivity index (χ1) is 5.43. The molecule has 0 fully saturated rings. The second-order valence-corrected chi connectivity index (χ2v) is 3.46. The van der Waals surface area contributed by atoms with E-state index in [0.29, 0.717) is 0 Å². The Kier molecular flexibility index (Phi) is 4.85. The number of hydrogen-bond donors (Lipinski definition) is 2.